The summed E-state index contributed by atoms with van der Waals surface area (Å²) in [6.45, 7) is 1.38. The first kappa shape index (κ1) is 10.6. The summed E-state index contributed by atoms with van der Waals surface area (Å²) in [6, 6.07) is 0. The number of hydrogen-bond donors (Lipinski definition) is 2. The van der Waals surface area contributed by atoms with Gasteiger partial charge in [0.15, 0.2) is 0 Å². The van der Waals surface area contributed by atoms with Crippen LogP contribution in [0.5, 0.6) is 0 Å². The number of carbonyl (C=O) groups excluding carboxylic acids is 1. The molecule has 2 N–H and O–H groups in total. The van der Waals surface area contributed by atoms with E-state index in [4.69, 9.17) is 10.2 Å². The van der Waals surface area contributed by atoms with E-state index < -0.39 is 30.2 Å². The third-order valence-electron chi connectivity index (χ3n) is 1.56. The molecule has 5 heteroatoms. The predicted octanol–water partition coefficient (Wildman–Crippen LogP) is -0.00310. The molecule has 0 saturated heterocycles. The first-order valence-electron chi connectivity index (χ1n) is 3.39. The van der Waals surface area contributed by atoms with Crippen LogP contribution >= 0.6 is 0 Å². The minimum absolute atomic E-state index is 0.446. The van der Waals surface area contributed by atoms with Gasteiger partial charge in [-0.1, -0.05) is 6.92 Å². The molecule has 0 aliphatic carbocycles. The average molecular weight is 174 g/mol. The standard InChI is InChI=1S/C7H10O5/c1-4(3-8)5(7(11)12)2-6(9)10/h3-5H,2H2,1H3,(H,9,10)(H,11,12). The Morgan fingerprint density at radius 1 is 1.42 bits per heavy atom. The quantitative estimate of drug-likeness (QED) is 0.572. The van der Waals surface area contributed by atoms with Crippen LogP contribution in [-0.2, 0) is 14.4 Å². The third kappa shape index (κ3) is 3.14. The van der Waals surface area contributed by atoms with Gasteiger partial charge in [-0.3, -0.25) is 9.59 Å². The maximum absolute atomic E-state index is 10.4. The number of carboxylic acids is 2. The molecule has 0 aromatic heterocycles. The molecular weight excluding hydrogens is 164 g/mol. The molecule has 0 saturated carbocycles. The molecule has 0 aliphatic rings. The summed E-state index contributed by atoms with van der Waals surface area (Å²) in [6.07, 6.45) is -0.0725. The van der Waals surface area contributed by atoms with E-state index in [1.807, 2.05) is 0 Å². The second-order valence-electron chi connectivity index (χ2n) is 2.54. The topological polar surface area (TPSA) is 91.7 Å². The Bertz CT molecular complexity index is 198. The van der Waals surface area contributed by atoms with Crippen LogP contribution in [-0.4, -0.2) is 28.4 Å². The molecule has 0 aliphatic heterocycles. The van der Waals surface area contributed by atoms with Crippen molar-refractivity contribution in [3.05, 3.63) is 0 Å². The number of rotatable bonds is 5. The summed E-state index contributed by atoms with van der Waals surface area (Å²) in [5.41, 5.74) is 0. The maximum atomic E-state index is 10.4. The highest BCUT2D eigenvalue weighted by atomic mass is 16.4. The van der Waals surface area contributed by atoms with Gasteiger partial charge in [-0.25, -0.2) is 0 Å². The van der Waals surface area contributed by atoms with Gasteiger partial charge < -0.3 is 15.0 Å². The van der Waals surface area contributed by atoms with Gasteiger partial charge >= 0.3 is 11.9 Å². The monoisotopic (exact) mass is 174 g/mol. The van der Waals surface area contributed by atoms with Crippen molar-refractivity contribution < 1.29 is 24.6 Å². The highest BCUT2D eigenvalue weighted by Gasteiger charge is 2.26. The van der Waals surface area contributed by atoms with Crippen molar-refractivity contribution in [2.75, 3.05) is 0 Å². The van der Waals surface area contributed by atoms with E-state index in [0.717, 1.165) is 0 Å². The van der Waals surface area contributed by atoms with E-state index >= 15 is 0 Å². The molecule has 0 aromatic rings. The number of carboxylic acid groups (broad SMARTS) is 2. The van der Waals surface area contributed by atoms with Gasteiger partial charge in [0.05, 0.1) is 12.3 Å². The lowest BCUT2D eigenvalue weighted by molar-refractivity contribution is -0.150. The second kappa shape index (κ2) is 4.48. The van der Waals surface area contributed by atoms with E-state index in [0.29, 0.717) is 6.29 Å². The van der Waals surface area contributed by atoms with E-state index in [-0.39, 0.29) is 0 Å². The molecule has 0 rings (SSSR count). The van der Waals surface area contributed by atoms with Crippen molar-refractivity contribution in [2.45, 2.75) is 13.3 Å². The zero-order chi connectivity index (χ0) is 9.72. The smallest absolute Gasteiger partial charge is 0.307 e. The van der Waals surface area contributed by atoms with Gasteiger partial charge in [-0.05, 0) is 0 Å². The Morgan fingerprint density at radius 3 is 2.17 bits per heavy atom. The molecule has 0 fully saturated rings. The lowest BCUT2D eigenvalue weighted by Crippen LogP contribution is -2.25. The number of aldehydes is 1. The van der Waals surface area contributed by atoms with Crippen LogP contribution in [0.1, 0.15) is 13.3 Å². The van der Waals surface area contributed by atoms with E-state index in [2.05, 4.69) is 0 Å². The van der Waals surface area contributed by atoms with Gasteiger partial charge in [0.2, 0.25) is 0 Å². The molecule has 0 spiro atoms. The third-order valence-corrected chi connectivity index (χ3v) is 1.56. The van der Waals surface area contributed by atoms with Crippen molar-refractivity contribution >= 4 is 18.2 Å². The second-order valence-corrected chi connectivity index (χ2v) is 2.54. The predicted molar refractivity (Wildman–Crippen MR) is 38.6 cm³/mol. The van der Waals surface area contributed by atoms with Crippen LogP contribution in [0.2, 0.25) is 0 Å². The first-order valence-corrected chi connectivity index (χ1v) is 3.39. The molecular formula is C7H10O5. The number of carbonyl (C=O) groups is 3. The Labute approximate surface area is 69.0 Å². The fraction of sp³-hybridized carbons (Fsp3) is 0.571. The molecule has 0 aromatic carbocycles. The largest absolute Gasteiger partial charge is 0.481 e. The first-order chi connectivity index (χ1) is 5.49. The van der Waals surface area contributed by atoms with Gasteiger partial charge in [-0.15, -0.1) is 0 Å². The Balaban J connectivity index is 4.32. The molecule has 0 heterocycles. The molecule has 0 bridgehead atoms. The van der Waals surface area contributed by atoms with Crippen molar-refractivity contribution in [3.8, 4) is 0 Å². The molecule has 12 heavy (non-hydrogen) atoms. The zero-order valence-corrected chi connectivity index (χ0v) is 6.56. The molecule has 0 amide bonds. The minimum atomic E-state index is -1.25. The van der Waals surface area contributed by atoms with Gasteiger partial charge in [0.25, 0.3) is 0 Å². The Hall–Kier alpha value is -1.39. The van der Waals surface area contributed by atoms with Gasteiger partial charge in [-0.2, -0.15) is 0 Å². The maximum Gasteiger partial charge on any atom is 0.307 e. The van der Waals surface area contributed by atoms with Crippen LogP contribution in [0.25, 0.3) is 0 Å². The van der Waals surface area contributed by atoms with Gasteiger partial charge in [0.1, 0.15) is 6.29 Å². The summed E-state index contributed by atoms with van der Waals surface area (Å²) in [5, 5.41) is 16.8. The van der Waals surface area contributed by atoms with E-state index in [1.54, 1.807) is 0 Å². The summed E-state index contributed by atoms with van der Waals surface area (Å²) in [5.74, 6) is -4.35. The molecule has 5 nitrogen and oxygen atoms in total. The molecule has 2 unspecified atom stereocenters. The summed E-state index contributed by atoms with van der Waals surface area (Å²) in [7, 11) is 0. The van der Waals surface area contributed by atoms with Crippen LogP contribution in [0.4, 0.5) is 0 Å². The van der Waals surface area contributed by atoms with Gasteiger partial charge in [0, 0.05) is 5.92 Å². The van der Waals surface area contributed by atoms with Crippen LogP contribution in [0, 0.1) is 11.8 Å². The van der Waals surface area contributed by atoms with Crippen LogP contribution < -0.4 is 0 Å². The summed E-state index contributed by atoms with van der Waals surface area (Å²) < 4.78 is 0. The fourth-order valence-corrected chi connectivity index (χ4v) is 0.781. The summed E-state index contributed by atoms with van der Waals surface area (Å²) in [4.78, 5) is 30.7. The normalized spacial score (nSPS) is 14.8. The Morgan fingerprint density at radius 2 is 1.92 bits per heavy atom. The van der Waals surface area contributed by atoms with Crippen LogP contribution in [0.3, 0.4) is 0 Å². The highest BCUT2D eigenvalue weighted by Crippen LogP contribution is 2.13. The van der Waals surface area contributed by atoms with Crippen molar-refractivity contribution in [3.63, 3.8) is 0 Å². The molecule has 0 radical (unpaired) electrons. The summed E-state index contributed by atoms with van der Waals surface area (Å²) >= 11 is 0. The number of hydrogen-bond acceptors (Lipinski definition) is 3. The highest BCUT2D eigenvalue weighted by molar-refractivity contribution is 5.80. The molecule has 68 valence electrons. The fourth-order valence-electron chi connectivity index (χ4n) is 0.781. The minimum Gasteiger partial charge on any atom is -0.481 e. The van der Waals surface area contributed by atoms with E-state index in [1.165, 1.54) is 6.92 Å². The molecule has 2 atom stereocenters. The SMILES string of the molecule is CC(C=O)C(CC(=O)O)C(=O)O. The lowest BCUT2D eigenvalue weighted by atomic mass is 9.92. The van der Waals surface area contributed by atoms with Crippen LogP contribution in [0.15, 0.2) is 0 Å². The van der Waals surface area contributed by atoms with Crippen molar-refractivity contribution in [2.24, 2.45) is 11.8 Å². The van der Waals surface area contributed by atoms with Crippen molar-refractivity contribution in [1.29, 1.82) is 0 Å². The van der Waals surface area contributed by atoms with Crippen molar-refractivity contribution in [1.82, 2.24) is 0 Å². The lowest BCUT2D eigenvalue weighted by Gasteiger charge is -2.11. The van der Waals surface area contributed by atoms with E-state index in [9.17, 15) is 14.4 Å². The average Bonchev–Trinajstić information content (AvgIpc) is 1.98. The Kier molecular flexibility index (Phi) is 3.96. The number of aliphatic carboxylic acids is 2. The zero-order valence-electron chi connectivity index (χ0n) is 6.56.